The van der Waals surface area contributed by atoms with Crippen LogP contribution in [0.2, 0.25) is 0 Å². The molecule has 5 heteroatoms. The van der Waals surface area contributed by atoms with Gasteiger partial charge in [0, 0.05) is 37.9 Å². The van der Waals surface area contributed by atoms with Crippen molar-refractivity contribution in [2.45, 2.75) is 26.3 Å². The van der Waals surface area contributed by atoms with Crippen molar-refractivity contribution in [1.29, 1.82) is 0 Å². The molecule has 0 spiro atoms. The number of anilines is 2. The SMILES string of the molecule is CCc1cnc(N)nc1NCCN1CCc2ccccc2C1. The lowest BCUT2D eigenvalue weighted by Gasteiger charge is -2.28. The number of benzene rings is 1. The van der Waals surface area contributed by atoms with Crippen molar-refractivity contribution in [3.63, 3.8) is 0 Å². The van der Waals surface area contributed by atoms with Gasteiger partial charge in [0.15, 0.2) is 0 Å². The minimum absolute atomic E-state index is 0.326. The molecule has 3 N–H and O–H groups in total. The van der Waals surface area contributed by atoms with Gasteiger partial charge in [-0.3, -0.25) is 4.90 Å². The van der Waals surface area contributed by atoms with Gasteiger partial charge in [0.05, 0.1) is 0 Å². The maximum Gasteiger partial charge on any atom is 0.221 e. The predicted molar refractivity (Wildman–Crippen MR) is 89.7 cm³/mol. The second-order valence-electron chi connectivity index (χ2n) is 5.68. The van der Waals surface area contributed by atoms with Crippen molar-refractivity contribution < 1.29 is 0 Å². The summed E-state index contributed by atoms with van der Waals surface area (Å²) < 4.78 is 0. The molecule has 0 unspecified atom stereocenters. The topological polar surface area (TPSA) is 67.1 Å². The monoisotopic (exact) mass is 297 g/mol. The Bertz CT molecular complexity index is 641. The highest BCUT2D eigenvalue weighted by Crippen LogP contribution is 2.18. The number of nitrogens with zero attached hydrogens (tertiary/aromatic N) is 3. The second-order valence-corrected chi connectivity index (χ2v) is 5.68. The lowest BCUT2D eigenvalue weighted by atomic mass is 10.00. The van der Waals surface area contributed by atoms with Gasteiger partial charge in [-0.1, -0.05) is 31.2 Å². The summed E-state index contributed by atoms with van der Waals surface area (Å²) in [6.45, 7) is 6.12. The van der Waals surface area contributed by atoms with E-state index in [4.69, 9.17) is 5.73 Å². The number of nitrogens with one attached hydrogen (secondary N) is 1. The number of nitrogen functional groups attached to an aromatic ring is 1. The zero-order chi connectivity index (χ0) is 15.4. The normalized spacial score (nSPS) is 14.6. The molecule has 116 valence electrons. The van der Waals surface area contributed by atoms with Crippen LogP contribution in [-0.2, 0) is 19.4 Å². The van der Waals surface area contributed by atoms with Gasteiger partial charge in [-0.05, 0) is 24.0 Å². The Hall–Kier alpha value is -2.14. The number of aromatic nitrogens is 2. The summed E-state index contributed by atoms with van der Waals surface area (Å²) in [5.41, 5.74) is 9.73. The van der Waals surface area contributed by atoms with Crippen LogP contribution in [0.15, 0.2) is 30.5 Å². The zero-order valence-electron chi connectivity index (χ0n) is 13.0. The van der Waals surface area contributed by atoms with Crippen LogP contribution in [0.25, 0.3) is 0 Å². The summed E-state index contributed by atoms with van der Waals surface area (Å²) in [6.07, 6.45) is 3.85. The van der Waals surface area contributed by atoms with Crippen LogP contribution in [0.3, 0.4) is 0 Å². The minimum Gasteiger partial charge on any atom is -0.368 e. The van der Waals surface area contributed by atoms with Crippen molar-refractivity contribution in [3.8, 4) is 0 Å². The molecule has 22 heavy (non-hydrogen) atoms. The number of rotatable bonds is 5. The summed E-state index contributed by atoms with van der Waals surface area (Å²) in [7, 11) is 0. The quantitative estimate of drug-likeness (QED) is 0.884. The molecule has 0 radical (unpaired) electrons. The van der Waals surface area contributed by atoms with Crippen LogP contribution in [0, 0.1) is 0 Å². The fourth-order valence-electron chi connectivity index (χ4n) is 2.91. The Morgan fingerprint density at radius 2 is 2.09 bits per heavy atom. The van der Waals surface area contributed by atoms with E-state index in [1.807, 2.05) is 6.20 Å². The van der Waals surface area contributed by atoms with Crippen molar-refractivity contribution >= 4 is 11.8 Å². The second kappa shape index (κ2) is 6.75. The smallest absolute Gasteiger partial charge is 0.221 e. The molecule has 0 saturated carbocycles. The van der Waals surface area contributed by atoms with Crippen LogP contribution in [-0.4, -0.2) is 34.5 Å². The summed E-state index contributed by atoms with van der Waals surface area (Å²) in [5.74, 6) is 1.19. The van der Waals surface area contributed by atoms with Crippen molar-refractivity contribution in [1.82, 2.24) is 14.9 Å². The molecular weight excluding hydrogens is 274 g/mol. The van der Waals surface area contributed by atoms with Crippen LogP contribution >= 0.6 is 0 Å². The average Bonchev–Trinajstić information content (AvgIpc) is 2.55. The van der Waals surface area contributed by atoms with Gasteiger partial charge in [0.1, 0.15) is 5.82 Å². The third-order valence-electron chi connectivity index (χ3n) is 4.19. The van der Waals surface area contributed by atoms with Crippen LogP contribution in [0.5, 0.6) is 0 Å². The maximum atomic E-state index is 5.68. The molecule has 0 amide bonds. The summed E-state index contributed by atoms with van der Waals surface area (Å²) in [4.78, 5) is 10.8. The van der Waals surface area contributed by atoms with E-state index in [1.165, 1.54) is 11.1 Å². The molecule has 0 atom stereocenters. The molecule has 2 aromatic rings. The molecule has 3 rings (SSSR count). The molecule has 1 aliphatic rings. The first-order valence-electron chi connectivity index (χ1n) is 7.90. The molecular formula is C17H23N5. The number of hydrogen-bond acceptors (Lipinski definition) is 5. The molecule has 0 aliphatic carbocycles. The van der Waals surface area contributed by atoms with Gasteiger partial charge in [-0.15, -0.1) is 0 Å². The standard InChI is InChI=1S/C17H23N5/c1-2-13-11-20-17(18)21-16(13)19-8-10-22-9-7-14-5-3-4-6-15(14)12-22/h3-6,11H,2,7-10,12H2,1H3,(H3,18,19,20,21). The fourth-order valence-corrected chi connectivity index (χ4v) is 2.91. The third-order valence-corrected chi connectivity index (χ3v) is 4.19. The molecule has 5 nitrogen and oxygen atoms in total. The largest absolute Gasteiger partial charge is 0.368 e. The Balaban J connectivity index is 1.55. The first-order chi connectivity index (χ1) is 10.8. The Morgan fingerprint density at radius 1 is 1.27 bits per heavy atom. The number of fused-ring (bicyclic) bond motifs is 1. The maximum absolute atomic E-state index is 5.68. The molecule has 0 saturated heterocycles. The van der Waals surface area contributed by atoms with Crippen molar-refractivity contribution in [3.05, 3.63) is 47.2 Å². The van der Waals surface area contributed by atoms with Gasteiger partial charge < -0.3 is 11.1 Å². The Labute approximate surface area is 131 Å². The predicted octanol–water partition coefficient (Wildman–Crippen LogP) is 2.09. The Morgan fingerprint density at radius 3 is 2.91 bits per heavy atom. The van der Waals surface area contributed by atoms with E-state index in [-0.39, 0.29) is 0 Å². The van der Waals surface area contributed by atoms with Gasteiger partial charge in [-0.2, -0.15) is 4.98 Å². The Kier molecular flexibility index (Phi) is 4.53. The van der Waals surface area contributed by atoms with Gasteiger partial charge >= 0.3 is 0 Å². The van der Waals surface area contributed by atoms with Crippen molar-refractivity contribution in [2.24, 2.45) is 0 Å². The van der Waals surface area contributed by atoms with Crippen LogP contribution in [0.4, 0.5) is 11.8 Å². The first-order valence-corrected chi connectivity index (χ1v) is 7.90. The highest BCUT2D eigenvalue weighted by atomic mass is 15.2. The van der Waals surface area contributed by atoms with E-state index < -0.39 is 0 Å². The van der Waals surface area contributed by atoms with Gasteiger partial charge in [-0.25, -0.2) is 4.98 Å². The number of nitrogens with two attached hydrogens (primary N) is 1. The molecule has 0 bridgehead atoms. The highest BCUT2D eigenvalue weighted by Gasteiger charge is 2.15. The van der Waals surface area contributed by atoms with Gasteiger partial charge in [0.2, 0.25) is 5.95 Å². The minimum atomic E-state index is 0.326. The van der Waals surface area contributed by atoms with Crippen LogP contribution in [0.1, 0.15) is 23.6 Å². The lowest BCUT2D eigenvalue weighted by Crippen LogP contribution is -2.34. The first kappa shape index (κ1) is 14.8. The van der Waals surface area contributed by atoms with Crippen molar-refractivity contribution in [2.75, 3.05) is 30.7 Å². The van der Waals surface area contributed by atoms with Gasteiger partial charge in [0.25, 0.3) is 0 Å². The summed E-state index contributed by atoms with van der Waals surface area (Å²) >= 11 is 0. The summed E-state index contributed by atoms with van der Waals surface area (Å²) in [5, 5.41) is 3.40. The van der Waals surface area contributed by atoms with E-state index in [0.717, 1.165) is 50.4 Å². The van der Waals surface area contributed by atoms with E-state index in [0.29, 0.717) is 5.95 Å². The average molecular weight is 297 g/mol. The molecule has 1 aromatic heterocycles. The van der Waals surface area contributed by atoms with E-state index in [9.17, 15) is 0 Å². The summed E-state index contributed by atoms with van der Waals surface area (Å²) in [6, 6.07) is 8.72. The lowest BCUT2D eigenvalue weighted by molar-refractivity contribution is 0.264. The molecule has 2 heterocycles. The van der Waals surface area contributed by atoms with E-state index in [1.54, 1.807) is 0 Å². The zero-order valence-corrected chi connectivity index (χ0v) is 13.0. The third kappa shape index (κ3) is 3.36. The van der Waals surface area contributed by atoms with Crippen LogP contribution < -0.4 is 11.1 Å². The molecule has 0 fully saturated rings. The van der Waals surface area contributed by atoms with E-state index in [2.05, 4.69) is 51.4 Å². The molecule has 1 aliphatic heterocycles. The fraction of sp³-hybridized carbons (Fsp3) is 0.412. The highest BCUT2D eigenvalue weighted by molar-refractivity contribution is 5.46. The number of aryl methyl sites for hydroxylation is 1. The number of hydrogen-bond donors (Lipinski definition) is 2. The van der Waals surface area contributed by atoms with E-state index >= 15 is 0 Å². The molecule has 1 aromatic carbocycles.